The average Bonchev–Trinajstić information content (AvgIpc) is 2.18. The van der Waals surface area contributed by atoms with E-state index in [1.807, 2.05) is 0 Å². The van der Waals surface area contributed by atoms with Crippen molar-refractivity contribution >= 4 is 31.7 Å². The maximum atomic E-state index is 13.0. The van der Waals surface area contributed by atoms with Crippen LogP contribution >= 0.6 is 15.9 Å². The Morgan fingerprint density at radius 1 is 1.50 bits per heavy atom. The lowest BCUT2D eigenvalue weighted by atomic mass is 10.2. The summed E-state index contributed by atoms with van der Waals surface area (Å²) in [4.78, 5) is 11.8. The minimum atomic E-state index is -3.17. The molecule has 1 aromatic rings. The van der Waals surface area contributed by atoms with Gasteiger partial charge < -0.3 is 5.32 Å². The highest BCUT2D eigenvalue weighted by Gasteiger charge is 2.16. The number of benzene rings is 1. The van der Waals surface area contributed by atoms with Crippen molar-refractivity contribution in [2.24, 2.45) is 0 Å². The van der Waals surface area contributed by atoms with E-state index in [0.29, 0.717) is 4.47 Å². The van der Waals surface area contributed by atoms with Crippen LogP contribution in [0.25, 0.3) is 0 Å². The number of hydrogen-bond acceptors (Lipinski definition) is 3. The van der Waals surface area contributed by atoms with Gasteiger partial charge in [0.2, 0.25) is 0 Å². The molecule has 1 atom stereocenters. The molecule has 1 amide bonds. The van der Waals surface area contributed by atoms with Crippen LogP contribution in [0.1, 0.15) is 17.3 Å². The normalized spacial score (nSPS) is 13.1. The number of halogens is 2. The van der Waals surface area contributed by atoms with E-state index in [2.05, 4.69) is 21.2 Å². The van der Waals surface area contributed by atoms with Gasteiger partial charge >= 0.3 is 0 Å². The summed E-state index contributed by atoms with van der Waals surface area (Å²) in [6.45, 7) is 1.58. The standard InChI is InChI=1S/C11H13BrFNO3S/c1-7(6-18(2,16)17)14-11(15)9-5-8(13)3-4-10(9)12/h3-5,7H,6H2,1-2H3,(H,14,15). The number of hydrogen-bond donors (Lipinski definition) is 1. The summed E-state index contributed by atoms with van der Waals surface area (Å²) in [7, 11) is -3.17. The summed E-state index contributed by atoms with van der Waals surface area (Å²) in [6, 6.07) is 3.20. The topological polar surface area (TPSA) is 63.2 Å². The predicted molar refractivity (Wildman–Crippen MR) is 70.7 cm³/mol. The lowest BCUT2D eigenvalue weighted by Crippen LogP contribution is -2.37. The molecule has 1 rings (SSSR count). The largest absolute Gasteiger partial charge is 0.349 e. The van der Waals surface area contributed by atoms with Crippen molar-refractivity contribution in [2.75, 3.05) is 12.0 Å². The molecule has 0 fully saturated rings. The molecule has 0 aromatic heterocycles. The van der Waals surface area contributed by atoms with Gasteiger partial charge in [-0.2, -0.15) is 0 Å². The highest BCUT2D eigenvalue weighted by Crippen LogP contribution is 2.17. The Kier molecular flexibility index (Phi) is 4.86. The Morgan fingerprint density at radius 2 is 2.11 bits per heavy atom. The monoisotopic (exact) mass is 337 g/mol. The first-order chi connectivity index (χ1) is 8.19. The van der Waals surface area contributed by atoms with Crippen LogP contribution < -0.4 is 5.32 Å². The van der Waals surface area contributed by atoms with Crippen LogP contribution in [-0.2, 0) is 9.84 Å². The fourth-order valence-corrected chi connectivity index (χ4v) is 2.89. The van der Waals surface area contributed by atoms with Gasteiger partial charge in [-0.3, -0.25) is 4.79 Å². The van der Waals surface area contributed by atoms with Crippen LogP contribution in [0.2, 0.25) is 0 Å². The van der Waals surface area contributed by atoms with Gasteiger partial charge in [-0.25, -0.2) is 12.8 Å². The second-order valence-electron chi connectivity index (χ2n) is 4.09. The maximum Gasteiger partial charge on any atom is 0.252 e. The first kappa shape index (κ1) is 15.1. The van der Waals surface area contributed by atoms with Crippen molar-refractivity contribution in [3.8, 4) is 0 Å². The number of sulfone groups is 1. The fourth-order valence-electron chi connectivity index (χ4n) is 1.47. The molecule has 0 saturated heterocycles. The predicted octanol–water partition coefficient (Wildman–Crippen LogP) is 1.75. The maximum absolute atomic E-state index is 13.0. The van der Waals surface area contributed by atoms with Gasteiger partial charge in [0.05, 0.1) is 11.3 Å². The van der Waals surface area contributed by atoms with E-state index in [1.165, 1.54) is 12.1 Å². The van der Waals surface area contributed by atoms with Crippen LogP contribution in [0.3, 0.4) is 0 Å². The SMILES string of the molecule is CC(CS(C)(=O)=O)NC(=O)c1cc(F)ccc1Br. The second kappa shape index (κ2) is 5.79. The van der Waals surface area contributed by atoms with Gasteiger partial charge in [0, 0.05) is 16.8 Å². The summed E-state index contributed by atoms with van der Waals surface area (Å²) in [5.74, 6) is -1.21. The lowest BCUT2D eigenvalue weighted by Gasteiger charge is -2.13. The zero-order chi connectivity index (χ0) is 13.9. The Balaban J connectivity index is 2.80. The molecule has 1 aromatic carbocycles. The Morgan fingerprint density at radius 3 is 2.67 bits per heavy atom. The summed E-state index contributed by atoms with van der Waals surface area (Å²) < 4.78 is 35.6. The van der Waals surface area contributed by atoms with Crippen molar-refractivity contribution in [2.45, 2.75) is 13.0 Å². The molecule has 0 spiro atoms. The third kappa shape index (κ3) is 4.73. The van der Waals surface area contributed by atoms with Crippen LogP contribution in [0.5, 0.6) is 0 Å². The first-order valence-corrected chi connectivity index (χ1v) is 7.98. The number of rotatable bonds is 4. The van der Waals surface area contributed by atoms with E-state index in [4.69, 9.17) is 0 Å². The molecule has 0 aliphatic rings. The van der Waals surface area contributed by atoms with Gasteiger partial charge in [-0.15, -0.1) is 0 Å². The van der Waals surface area contributed by atoms with E-state index < -0.39 is 27.6 Å². The Bertz CT molecular complexity index is 559. The van der Waals surface area contributed by atoms with Crippen molar-refractivity contribution in [1.29, 1.82) is 0 Å². The van der Waals surface area contributed by atoms with E-state index in [-0.39, 0.29) is 11.3 Å². The number of amides is 1. The first-order valence-electron chi connectivity index (χ1n) is 5.12. The third-order valence-electron chi connectivity index (χ3n) is 2.10. The lowest BCUT2D eigenvalue weighted by molar-refractivity contribution is 0.0942. The molecule has 7 heteroatoms. The molecule has 0 saturated carbocycles. The highest BCUT2D eigenvalue weighted by molar-refractivity contribution is 9.10. The zero-order valence-electron chi connectivity index (χ0n) is 9.91. The van der Waals surface area contributed by atoms with E-state index in [9.17, 15) is 17.6 Å². The molecule has 0 bridgehead atoms. The Hall–Kier alpha value is -0.950. The number of nitrogens with one attached hydrogen (secondary N) is 1. The molecule has 0 radical (unpaired) electrons. The molecule has 0 heterocycles. The van der Waals surface area contributed by atoms with E-state index >= 15 is 0 Å². The molecule has 1 N–H and O–H groups in total. The van der Waals surface area contributed by atoms with Crippen molar-refractivity contribution in [3.05, 3.63) is 34.1 Å². The quantitative estimate of drug-likeness (QED) is 0.910. The van der Waals surface area contributed by atoms with E-state index in [1.54, 1.807) is 6.92 Å². The van der Waals surface area contributed by atoms with Crippen LogP contribution in [-0.4, -0.2) is 32.4 Å². The average molecular weight is 338 g/mol. The minimum Gasteiger partial charge on any atom is -0.349 e. The highest BCUT2D eigenvalue weighted by atomic mass is 79.9. The van der Waals surface area contributed by atoms with Gasteiger partial charge in [-0.05, 0) is 41.1 Å². The van der Waals surface area contributed by atoms with Gasteiger partial charge in [0.15, 0.2) is 0 Å². The zero-order valence-corrected chi connectivity index (χ0v) is 12.3. The molecule has 4 nitrogen and oxygen atoms in total. The molecule has 18 heavy (non-hydrogen) atoms. The third-order valence-corrected chi connectivity index (χ3v) is 3.90. The van der Waals surface area contributed by atoms with Crippen molar-refractivity contribution < 1.29 is 17.6 Å². The fraction of sp³-hybridized carbons (Fsp3) is 0.364. The summed E-state index contributed by atoms with van der Waals surface area (Å²) in [6.07, 6.45) is 1.09. The molecule has 0 aliphatic carbocycles. The van der Waals surface area contributed by atoms with Gasteiger partial charge in [0.1, 0.15) is 15.7 Å². The molecule has 100 valence electrons. The van der Waals surface area contributed by atoms with Crippen molar-refractivity contribution in [3.63, 3.8) is 0 Å². The number of carbonyl (C=O) groups is 1. The van der Waals surface area contributed by atoms with Crippen molar-refractivity contribution in [1.82, 2.24) is 5.32 Å². The number of carbonyl (C=O) groups excluding carboxylic acids is 1. The molecular formula is C11H13BrFNO3S. The minimum absolute atomic E-state index is 0.135. The summed E-state index contributed by atoms with van der Waals surface area (Å²) in [5, 5.41) is 2.51. The van der Waals surface area contributed by atoms with Gasteiger partial charge in [0.25, 0.3) is 5.91 Å². The molecular weight excluding hydrogens is 325 g/mol. The molecule has 1 unspecified atom stereocenters. The summed E-state index contributed by atoms with van der Waals surface area (Å²) >= 11 is 3.14. The Labute approximate surface area is 114 Å². The van der Waals surface area contributed by atoms with E-state index in [0.717, 1.165) is 12.3 Å². The summed E-state index contributed by atoms with van der Waals surface area (Å²) in [5.41, 5.74) is 0.135. The van der Waals surface area contributed by atoms with Crippen LogP contribution in [0.15, 0.2) is 22.7 Å². The van der Waals surface area contributed by atoms with Crippen LogP contribution in [0.4, 0.5) is 4.39 Å². The second-order valence-corrected chi connectivity index (χ2v) is 7.13. The van der Waals surface area contributed by atoms with Crippen LogP contribution in [0, 0.1) is 5.82 Å². The van der Waals surface area contributed by atoms with Gasteiger partial charge in [-0.1, -0.05) is 0 Å². The smallest absolute Gasteiger partial charge is 0.252 e. The molecule has 0 aliphatic heterocycles.